The molecule has 1 aliphatic heterocycles. The molecule has 2 atom stereocenters. The summed E-state index contributed by atoms with van der Waals surface area (Å²) in [5.41, 5.74) is 1.98. The summed E-state index contributed by atoms with van der Waals surface area (Å²) in [6.45, 7) is 1.48. The molecule has 1 N–H and O–H groups in total. The Hall–Kier alpha value is -2.06. The van der Waals surface area contributed by atoms with Crippen molar-refractivity contribution in [1.82, 2.24) is 24.6 Å². The molecule has 0 saturated carbocycles. The lowest BCUT2D eigenvalue weighted by molar-refractivity contribution is 0.216. The first kappa shape index (κ1) is 17.8. The number of carbonyl (C=O) groups is 1. The number of nitrogens with zero attached hydrogens (tertiary/aromatic N) is 5. The van der Waals surface area contributed by atoms with Crippen molar-refractivity contribution >= 4 is 23.6 Å². The Labute approximate surface area is 152 Å². The summed E-state index contributed by atoms with van der Waals surface area (Å²) in [6.07, 6.45) is 7.54. The van der Waals surface area contributed by atoms with Crippen molar-refractivity contribution < 1.29 is 4.79 Å². The van der Waals surface area contributed by atoms with Crippen LogP contribution in [-0.2, 0) is 7.05 Å². The molecule has 7 nitrogen and oxygen atoms in total. The van der Waals surface area contributed by atoms with Gasteiger partial charge < -0.3 is 9.80 Å². The molecule has 1 fully saturated rings. The average molecular weight is 360 g/mol. The zero-order chi connectivity index (χ0) is 18.0. The summed E-state index contributed by atoms with van der Waals surface area (Å²) in [5, 5.41) is 7.54. The lowest BCUT2D eigenvalue weighted by Crippen LogP contribution is -2.38. The van der Waals surface area contributed by atoms with Crippen LogP contribution in [0.2, 0.25) is 0 Å². The van der Waals surface area contributed by atoms with Crippen molar-refractivity contribution in [1.29, 1.82) is 0 Å². The van der Waals surface area contributed by atoms with Gasteiger partial charge in [0.2, 0.25) is 0 Å². The number of likely N-dealkylation sites (N-methyl/N-ethyl adjacent to an activating group) is 1. The standard InChI is InChI=1S/C17H24N6OS/c1-21(2)14-10-23(11-15(14)25-4)17(24)20-16-7-12(5-6-18-16)13-8-19-22(3)9-13/h5-9,14-15H,10-11H2,1-4H3,(H,18,20,24). The minimum Gasteiger partial charge on any atom is -0.322 e. The van der Waals surface area contributed by atoms with E-state index in [1.165, 1.54) is 0 Å². The van der Waals surface area contributed by atoms with Gasteiger partial charge in [0.05, 0.1) is 6.20 Å². The predicted octanol–water partition coefficient (Wildman–Crippen LogP) is 1.99. The van der Waals surface area contributed by atoms with Gasteiger partial charge in [0.1, 0.15) is 5.82 Å². The average Bonchev–Trinajstić information content (AvgIpc) is 3.21. The van der Waals surface area contributed by atoms with E-state index < -0.39 is 0 Å². The molecule has 2 aromatic rings. The van der Waals surface area contributed by atoms with Crippen LogP contribution in [0.3, 0.4) is 0 Å². The molecular formula is C17H24N6OS. The largest absolute Gasteiger partial charge is 0.323 e. The Morgan fingerprint density at radius 3 is 2.76 bits per heavy atom. The molecule has 25 heavy (non-hydrogen) atoms. The molecule has 0 radical (unpaired) electrons. The number of urea groups is 1. The number of pyridine rings is 1. The summed E-state index contributed by atoms with van der Waals surface area (Å²) < 4.78 is 1.75. The first-order chi connectivity index (χ1) is 12.0. The second-order valence-corrected chi connectivity index (χ2v) is 7.55. The van der Waals surface area contributed by atoms with Gasteiger partial charge >= 0.3 is 6.03 Å². The van der Waals surface area contributed by atoms with Crippen molar-refractivity contribution in [3.05, 3.63) is 30.7 Å². The van der Waals surface area contributed by atoms with Crippen LogP contribution in [0.25, 0.3) is 11.1 Å². The zero-order valence-corrected chi connectivity index (χ0v) is 15.8. The summed E-state index contributed by atoms with van der Waals surface area (Å²) >= 11 is 1.81. The number of amides is 2. The van der Waals surface area contributed by atoms with Crippen molar-refractivity contribution in [3.8, 4) is 11.1 Å². The highest BCUT2D eigenvalue weighted by Crippen LogP contribution is 2.25. The highest BCUT2D eigenvalue weighted by atomic mass is 32.2. The molecule has 1 aliphatic rings. The topological polar surface area (TPSA) is 66.3 Å². The summed E-state index contributed by atoms with van der Waals surface area (Å²) in [6, 6.07) is 4.06. The van der Waals surface area contributed by atoms with Crippen LogP contribution >= 0.6 is 11.8 Å². The molecule has 2 amide bonds. The van der Waals surface area contributed by atoms with Gasteiger partial charge in [0.15, 0.2) is 0 Å². The van der Waals surface area contributed by atoms with E-state index in [2.05, 4.69) is 40.7 Å². The number of likely N-dealkylation sites (tertiary alicyclic amines) is 1. The van der Waals surface area contributed by atoms with E-state index in [0.29, 0.717) is 17.1 Å². The minimum atomic E-state index is -0.0979. The lowest BCUT2D eigenvalue weighted by atomic mass is 10.1. The quantitative estimate of drug-likeness (QED) is 0.903. The van der Waals surface area contributed by atoms with Gasteiger partial charge in [-0.05, 0) is 38.0 Å². The summed E-state index contributed by atoms with van der Waals surface area (Å²) in [4.78, 5) is 21.0. The van der Waals surface area contributed by atoms with Crippen LogP contribution in [-0.4, -0.2) is 75.3 Å². The van der Waals surface area contributed by atoms with E-state index in [9.17, 15) is 4.79 Å². The van der Waals surface area contributed by atoms with Crippen LogP contribution in [0, 0.1) is 0 Å². The molecule has 0 bridgehead atoms. The van der Waals surface area contributed by atoms with E-state index in [1.54, 1.807) is 17.1 Å². The Balaban J connectivity index is 1.69. The van der Waals surface area contributed by atoms with Crippen LogP contribution in [0.1, 0.15) is 0 Å². The molecule has 0 aromatic carbocycles. The fourth-order valence-electron chi connectivity index (χ4n) is 3.09. The molecule has 0 aliphatic carbocycles. The maximum absolute atomic E-state index is 12.6. The fraction of sp³-hybridized carbons (Fsp3) is 0.471. The van der Waals surface area contributed by atoms with Crippen molar-refractivity contribution in [2.75, 3.05) is 38.8 Å². The highest BCUT2D eigenvalue weighted by molar-refractivity contribution is 7.99. The van der Waals surface area contributed by atoms with Gasteiger partial charge in [-0.1, -0.05) is 0 Å². The number of nitrogens with one attached hydrogen (secondary N) is 1. The minimum absolute atomic E-state index is 0.0979. The van der Waals surface area contributed by atoms with E-state index in [4.69, 9.17) is 0 Å². The molecule has 0 spiro atoms. The predicted molar refractivity (Wildman–Crippen MR) is 102 cm³/mol. The van der Waals surface area contributed by atoms with Gasteiger partial charge in [0.25, 0.3) is 0 Å². The lowest BCUT2D eigenvalue weighted by Gasteiger charge is -2.23. The highest BCUT2D eigenvalue weighted by Gasteiger charge is 2.36. The number of hydrogen-bond donors (Lipinski definition) is 1. The number of aromatic nitrogens is 3. The number of anilines is 1. The number of aryl methyl sites for hydroxylation is 1. The second-order valence-electron chi connectivity index (χ2n) is 6.47. The molecule has 3 rings (SSSR count). The van der Waals surface area contributed by atoms with Crippen molar-refractivity contribution in [3.63, 3.8) is 0 Å². The molecule has 2 unspecified atom stereocenters. The summed E-state index contributed by atoms with van der Waals surface area (Å²) in [5.74, 6) is 0.556. The number of thioether (sulfide) groups is 1. The monoisotopic (exact) mass is 360 g/mol. The molecule has 8 heteroatoms. The maximum atomic E-state index is 12.6. The first-order valence-electron chi connectivity index (χ1n) is 8.18. The molecule has 134 valence electrons. The smallest absolute Gasteiger partial charge is 0.322 e. The van der Waals surface area contributed by atoms with Gasteiger partial charge in [-0.25, -0.2) is 9.78 Å². The third-order valence-electron chi connectivity index (χ3n) is 4.52. The Bertz CT molecular complexity index is 746. The number of rotatable bonds is 4. The van der Waals surface area contributed by atoms with E-state index in [0.717, 1.165) is 24.2 Å². The van der Waals surface area contributed by atoms with Gasteiger partial charge in [-0.15, -0.1) is 0 Å². The fourth-order valence-corrected chi connectivity index (χ4v) is 4.06. The molecular weight excluding hydrogens is 336 g/mol. The Morgan fingerprint density at radius 2 is 2.16 bits per heavy atom. The third-order valence-corrected chi connectivity index (χ3v) is 5.59. The molecule has 1 saturated heterocycles. The third kappa shape index (κ3) is 3.96. The number of hydrogen-bond acceptors (Lipinski definition) is 5. The van der Waals surface area contributed by atoms with Crippen molar-refractivity contribution in [2.45, 2.75) is 11.3 Å². The van der Waals surface area contributed by atoms with E-state index in [-0.39, 0.29) is 6.03 Å². The summed E-state index contributed by atoms with van der Waals surface area (Å²) in [7, 11) is 6.01. The van der Waals surface area contributed by atoms with Crippen LogP contribution in [0.4, 0.5) is 10.6 Å². The maximum Gasteiger partial charge on any atom is 0.323 e. The SMILES string of the molecule is CSC1CN(C(=O)Nc2cc(-c3cnn(C)c3)ccn2)CC1N(C)C. The molecule has 2 aromatic heterocycles. The normalized spacial score (nSPS) is 20.3. The van der Waals surface area contributed by atoms with E-state index >= 15 is 0 Å². The zero-order valence-electron chi connectivity index (χ0n) is 15.0. The Kier molecular flexibility index (Phi) is 5.29. The molecule has 3 heterocycles. The van der Waals surface area contributed by atoms with Gasteiger partial charge in [0, 0.05) is 49.4 Å². The van der Waals surface area contributed by atoms with E-state index in [1.807, 2.05) is 42.0 Å². The van der Waals surface area contributed by atoms with Crippen LogP contribution < -0.4 is 5.32 Å². The number of carbonyl (C=O) groups excluding carboxylic acids is 1. The first-order valence-corrected chi connectivity index (χ1v) is 9.47. The second kappa shape index (κ2) is 7.45. The van der Waals surface area contributed by atoms with Crippen LogP contribution in [0.15, 0.2) is 30.7 Å². The van der Waals surface area contributed by atoms with Gasteiger partial charge in [-0.3, -0.25) is 10.00 Å². The Morgan fingerprint density at radius 1 is 1.36 bits per heavy atom. The van der Waals surface area contributed by atoms with Crippen molar-refractivity contribution in [2.24, 2.45) is 7.05 Å². The van der Waals surface area contributed by atoms with Gasteiger partial charge in [-0.2, -0.15) is 16.9 Å². The van der Waals surface area contributed by atoms with Crippen LogP contribution in [0.5, 0.6) is 0 Å².